The second-order valence-electron chi connectivity index (χ2n) is 6.23. The number of aryl methyl sites for hydroxylation is 2. The van der Waals surface area contributed by atoms with Gasteiger partial charge in [0, 0.05) is 18.0 Å². The highest BCUT2D eigenvalue weighted by Crippen LogP contribution is 2.44. The van der Waals surface area contributed by atoms with Crippen molar-refractivity contribution in [3.8, 4) is 0 Å². The molecule has 0 radical (unpaired) electrons. The number of aliphatic carboxylic acids is 1. The van der Waals surface area contributed by atoms with Gasteiger partial charge < -0.3 is 10.0 Å². The minimum absolute atomic E-state index is 0.184. The van der Waals surface area contributed by atoms with Gasteiger partial charge in [0.25, 0.3) is 0 Å². The van der Waals surface area contributed by atoms with Crippen LogP contribution >= 0.6 is 11.3 Å². The summed E-state index contributed by atoms with van der Waals surface area (Å²) in [5, 5.41) is 9.99. The van der Waals surface area contributed by atoms with Crippen LogP contribution in [0.3, 0.4) is 0 Å². The number of thiophene rings is 1. The van der Waals surface area contributed by atoms with Crippen molar-refractivity contribution < 1.29 is 23.1 Å². The second kappa shape index (κ2) is 5.30. The molecule has 2 aromatic heterocycles. The first-order valence-corrected chi connectivity index (χ1v) is 8.47. The van der Waals surface area contributed by atoms with E-state index < -0.39 is 24.0 Å². The van der Waals surface area contributed by atoms with Gasteiger partial charge in [-0.15, -0.1) is 11.3 Å². The summed E-state index contributed by atoms with van der Waals surface area (Å²) in [4.78, 5) is 23.2. The average molecular weight is 357 g/mol. The van der Waals surface area contributed by atoms with E-state index in [1.54, 1.807) is 11.3 Å². The lowest BCUT2D eigenvalue weighted by Gasteiger charge is -2.19. The third kappa shape index (κ3) is 2.33. The van der Waals surface area contributed by atoms with E-state index in [1.165, 1.54) is 16.1 Å². The summed E-state index contributed by atoms with van der Waals surface area (Å²) in [5.74, 6) is -4.33. The van der Waals surface area contributed by atoms with Gasteiger partial charge in [-0.05, 0) is 24.8 Å². The predicted molar refractivity (Wildman–Crippen MR) is 82.3 cm³/mol. The van der Waals surface area contributed by atoms with Gasteiger partial charge in [-0.1, -0.05) is 0 Å². The molecule has 24 heavy (non-hydrogen) atoms. The molecular weight excluding hydrogens is 343 g/mol. The quantitative estimate of drug-likeness (QED) is 0.895. The molecule has 4 rings (SSSR count). The van der Waals surface area contributed by atoms with Crippen LogP contribution in [0.4, 0.5) is 19.0 Å². The highest BCUT2D eigenvalue weighted by Gasteiger charge is 2.53. The number of hydrogen-bond donors (Lipinski definition) is 1. The molecule has 2 aromatic rings. The molecule has 0 unspecified atom stereocenters. The third-order valence-electron chi connectivity index (χ3n) is 4.84. The number of fused-ring (bicyclic) bond motifs is 3. The van der Waals surface area contributed by atoms with Gasteiger partial charge in [0.05, 0.1) is 17.2 Å². The zero-order chi connectivity index (χ0) is 17.1. The maximum absolute atomic E-state index is 13.2. The van der Waals surface area contributed by atoms with Gasteiger partial charge in [-0.25, -0.2) is 9.97 Å². The monoisotopic (exact) mass is 357 g/mol. The Labute approximate surface area is 139 Å². The maximum atomic E-state index is 13.2. The van der Waals surface area contributed by atoms with E-state index in [0.717, 1.165) is 35.0 Å². The Balaban J connectivity index is 1.77. The zero-order valence-corrected chi connectivity index (χ0v) is 13.3. The smallest absolute Gasteiger partial charge is 0.394 e. The van der Waals surface area contributed by atoms with Gasteiger partial charge in [0.15, 0.2) is 0 Å². The van der Waals surface area contributed by atoms with Crippen LogP contribution in [-0.2, 0) is 17.6 Å². The van der Waals surface area contributed by atoms with Gasteiger partial charge in [-0.2, -0.15) is 13.2 Å². The molecule has 128 valence electrons. The van der Waals surface area contributed by atoms with Crippen molar-refractivity contribution in [3.63, 3.8) is 0 Å². The number of alkyl halides is 3. The first-order valence-electron chi connectivity index (χ1n) is 7.66. The van der Waals surface area contributed by atoms with Gasteiger partial charge in [-0.3, -0.25) is 4.79 Å². The van der Waals surface area contributed by atoms with Crippen molar-refractivity contribution in [1.82, 2.24) is 9.97 Å². The van der Waals surface area contributed by atoms with E-state index in [4.69, 9.17) is 0 Å². The highest BCUT2D eigenvalue weighted by molar-refractivity contribution is 7.19. The number of carboxylic acids is 1. The SMILES string of the molecule is O=C(O)[C@@H]1CN(c2ncnc3sc4c(c23)CCC4)C[C@H]1C(F)(F)F. The van der Waals surface area contributed by atoms with E-state index in [0.29, 0.717) is 5.82 Å². The Morgan fingerprint density at radius 2 is 2.08 bits per heavy atom. The van der Waals surface area contributed by atoms with E-state index in [9.17, 15) is 23.1 Å². The lowest BCUT2D eigenvalue weighted by Crippen LogP contribution is -2.33. The number of anilines is 1. The fourth-order valence-electron chi connectivity index (χ4n) is 3.71. The number of halogens is 3. The van der Waals surface area contributed by atoms with Crippen LogP contribution < -0.4 is 4.90 Å². The van der Waals surface area contributed by atoms with Crippen LogP contribution in [0.15, 0.2) is 6.33 Å². The molecule has 1 aliphatic heterocycles. The number of aromatic nitrogens is 2. The fourth-order valence-corrected chi connectivity index (χ4v) is 4.93. The second-order valence-corrected chi connectivity index (χ2v) is 7.32. The molecule has 2 aliphatic rings. The van der Waals surface area contributed by atoms with Crippen LogP contribution in [0.1, 0.15) is 16.9 Å². The van der Waals surface area contributed by atoms with E-state index in [1.807, 2.05) is 0 Å². The van der Waals surface area contributed by atoms with Crippen LogP contribution in [0.5, 0.6) is 0 Å². The first kappa shape index (κ1) is 15.6. The first-order chi connectivity index (χ1) is 11.4. The number of hydrogen-bond acceptors (Lipinski definition) is 5. The normalized spacial score (nSPS) is 23.9. The van der Waals surface area contributed by atoms with Crippen LogP contribution in [0.2, 0.25) is 0 Å². The molecule has 5 nitrogen and oxygen atoms in total. The Kier molecular flexibility index (Phi) is 3.45. The molecule has 2 atom stereocenters. The molecule has 3 heterocycles. The van der Waals surface area contributed by atoms with Crippen LogP contribution in [-0.4, -0.2) is 40.3 Å². The average Bonchev–Trinajstić information content (AvgIpc) is 3.19. The number of nitrogens with zero attached hydrogens (tertiary/aromatic N) is 3. The van der Waals surface area contributed by atoms with Crippen molar-refractivity contribution in [2.75, 3.05) is 18.0 Å². The van der Waals surface area contributed by atoms with Gasteiger partial charge >= 0.3 is 12.1 Å². The molecule has 0 amide bonds. The minimum atomic E-state index is -4.54. The van der Waals surface area contributed by atoms with Gasteiger partial charge in [0.2, 0.25) is 0 Å². The Morgan fingerprint density at radius 3 is 2.75 bits per heavy atom. The van der Waals surface area contributed by atoms with E-state index in [-0.39, 0.29) is 13.1 Å². The van der Waals surface area contributed by atoms with Gasteiger partial charge in [0.1, 0.15) is 17.0 Å². The molecule has 1 fully saturated rings. The van der Waals surface area contributed by atoms with Crippen LogP contribution in [0, 0.1) is 11.8 Å². The molecule has 0 saturated carbocycles. The largest absolute Gasteiger partial charge is 0.481 e. The lowest BCUT2D eigenvalue weighted by molar-refractivity contribution is -0.187. The summed E-state index contributed by atoms with van der Waals surface area (Å²) in [6.07, 6.45) is -0.345. The molecule has 1 saturated heterocycles. The van der Waals surface area contributed by atoms with Crippen LogP contribution in [0.25, 0.3) is 10.2 Å². The predicted octanol–water partition coefficient (Wildman–Crippen LogP) is 2.88. The summed E-state index contributed by atoms with van der Waals surface area (Å²) < 4.78 is 39.6. The summed E-state index contributed by atoms with van der Waals surface area (Å²) in [7, 11) is 0. The Hall–Kier alpha value is -1.90. The zero-order valence-electron chi connectivity index (χ0n) is 12.5. The highest BCUT2D eigenvalue weighted by atomic mass is 32.1. The molecule has 1 N–H and O–H groups in total. The molecular formula is C15H14F3N3O2S. The Morgan fingerprint density at radius 1 is 1.29 bits per heavy atom. The summed E-state index contributed by atoms with van der Waals surface area (Å²) >= 11 is 1.56. The van der Waals surface area contributed by atoms with E-state index >= 15 is 0 Å². The summed E-state index contributed by atoms with van der Waals surface area (Å²) in [6.45, 7) is -0.562. The minimum Gasteiger partial charge on any atom is -0.481 e. The van der Waals surface area contributed by atoms with Crippen molar-refractivity contribution in [3.05, 3.63) is 16.8 Å². The molecule has 0 bridgehead atoms. The molecule has 0 spiro atoms. The van der Waals surface area contributed by atoms with Crippen molar-refractivity contribution >= 4 is 33.3 Å². The lowest BCUT2D eigenvalue weighted by atomic mass is 9.96. The summed E-state index contributed by atoms with van der Waals surface area (Å²) in [6, 6.07) is 0. The third-order valence-corrected chi connectivity index (χ3v) is 6.04. The number of rotatable bonds is 2. The number of carbonyl (C=O) groups is 1. The van der Waals surface area contributed by atoms with Crippen molar-refractivity contribution in [2.45, 2.75) is 25.4 Å². The maximum Gasteiger partial charge on any atom is 0.394 e. The molecule has 0 aromatic carbocycles. The standard InChI is InChI=1S/C15H14F3N3O2S/c16-15(17,18)9-5-21(4-8(9)14(22)23)12-11-7-2-1-3-10(7)24-13(11)20-6-19-12/h6,8-9H,1-5H2,(H,22,23)/t8-,9-/m1/s1. The van der Waals surface area contributed by atoms with Crippen molar-refractivity contribution in [1.29, 1.82) is 0 Å². The fraction of sp³-hybridized carbons (Fsp3) is 0.533. The number of carboxylic acid groups (broad SMARTS) is 1. The Bertz CT molecular complexity index is 820. The molecule has 1 aliphatic carbocycles. The molecule has 9 heteroatoms. The van der Waals surface area contributed by atoms with Crippen molar-refractivity contribution in [2.24, 2.45) is 11.8 Å². The summed E-state index contributed by atoms with van der Waals surface area (Å²) in [5.41, 5.74) is 1.12. The van der Waals surface area contributed by atoms with E-state index in [2.05, 4.69) is 9.97 Å². The topological polar surface area (TPSA) is 66.3 Å².